The molecule has 0 fully saturated rings. The monoisotopic (exact) mass is 222 g/mol. The van der Waals surface area contributed by atoms with Crippen LogP contribution in [0, 0.1) is 11.5 Å². The molecule has 0 unspecified atom stereocenters. The molecule has 0 aromatic heterocycles. The van der Waals surface area contributed by atoms with Gasteiger partial charge in [-0.25, -0.2) is 0 Å². The molecule has 5 heteroatoms. The first kappa shape index (κ1) is 11.3. The first-order valence-corrected chi connectivity index (χ1v) is 4.68. The van der Waals surface area contributed by atoms with E-state index in [9.17, 15) is 0 Å². The van der Waals surface area contributed by atoms with Crippen LogP contribution in [0.5, 0.6) is 0 Å². The predicted octanol–water partition coefficient (Wildman–Crippen LogP) is 1.83. The minimum Gasteiger partial charge on any atom is -0.315 e. The maximum atomic E-state index is 8.52. The fourth-order valence-corrected chi connectivity index (χ4v) is 1.25. The van der Waals surface area contributed by atoms with Crippen molar-refractivity contribution in [1.29, 1.82) is 5.26 Å². The van der Waals surface area contributed by atoms with Crippen LogP contribution in [-0.2, 0) is 0 Å². The molecule has 1 aromatic carbocycles. The van der Waals surface area contributed by atoms with E-state index >= 15 is 0 Å². The predicted molar refractivity (Wildman–Crippen MR) is 62.0 cm³/mol. The van der Waals surface area contributed by atoms with Crippen LogP contribution in [0.4, 0.5) is 5.69 Å². The molecule has 1 aromatic rings. The van der Waals surface area contributed by atoms with E-state index in [-0.39, 0.29) is 0 Å². The van der Waals surface area contributed by atoms with Gasteiger partial charge in [-0.3, -0.25) is 10.3 Å². The van der Waals surface area contributed by atoms with Gasteiger partial charge in [-0.15, -0.1) is 0 Å². The van der Waals surface area contributed by atoms with Crippen molar-refractivity contribution in [2.24, 2.45) is 4.99 Å². The van der Waals surface area contributed by atoms with Crippen LogP contribution in [-0.4, -0.2) is 20.1 Å². The summed E-state index contributed by atoms with van der Waals surface area (Å²) in [5, 5.41) is 11.7. The van der Waals surface area contributed by atoms with Crippen molar-refractivity contribution in [3.05, 3.63) is 29.3 Å². The van der Waals surface area contributed by atoms with Gasteiger partial charge < -0.3 is 4.90 Å². The Kier molecular flexibility index (Phi) is 3.95. The Morgan fingerprint density at radius 2 is 2.07 bits per heavy atom. The van der Waals surface area contributed by atoms with E-state index in [1.165, 1.54) is 0 Å². The van der Waals surface area contributed by atoms with Gasteiger partial charge in [-0.1, -0.05) is 11.6 Å². The van der Waals surface area contributed by atoms with Crippen LogP contribution in [0.1, 0.15) is 0 Å². The van der Waals surface area contributed by atoms with Crippen molar-refractivity contribution >= 4 is 23.2 Å². The van der Waals surface area contributed by atoms with Crippen LogP contribution in [0.25, 0.3) is 0 Å². The number of nitrogens with one attached hydrogen (secondary N) is 1. The molecule has 0 aliphatic carbocycles. The topological polar surface area (TPSA) is 51.4 Å². The molecule has 1 N–H and O–H groups in total. The Bertz CT molecular complexity index is 391. The third kappa shape index (κ3) is 2.86. The first-order chi connectivity index (χ1) is 7.19. The number of aliphatic imine (C=N–C) groups is 1. The lowest BCUT2D eigenvalue weighted by molar-refractivity contribution is 1.11. The lowest BCUT2D eigenvalue weighted by Crippen LogP contribution is -2.36. The molecule has 0 bridgehead atoms. The number of hydrogen-bond acceptors (Lipinski definition) is 2. The van der Waals surface area contributed by atoms with Gasteiger partial charge in [0.15, 0.2) is 6.19 Å². The summed E-state index contributed by atoms with van der Waals surface area (Å²) in [6.45, 7) is 0. The van der Waals surface area contributed by atoms with E-state index in [1.807, 2.05) is 25.4 Å². The molecular weight excluding hydrogens is 212 g/mol. The van der Waals surface area contributed by atoms with E-state index in [0.29, 0.717) is 11.0 Å². The minimum absolute atomic E-state index is 0.486. The molecular formula is C10H11ClN4. The Labute approximate surface area is 93.8 Å². The standard InChI is InChI=1S/C10H11ClN4/c1-13-10(14-7-12)15(2)9-5-3-8(11)4-6-9/h3-6H,1-2H3,(H,13,14). The van der Waals surface area contributed by atoms with E-state index in [2.05, 4.69) is 10.3 Å². The highest BCUT2D eigenvalue weighted by Gasteiger charge is 2.06. The fraction of sp³-hybridized carbons (Fsp3) is 0.200. The van der Waals surface area contributed by atoms with Gasteiger partial charge in [0.05, 0.1) is 0 Å². The first-order valence-electron chi connectivity index (χ1n) is 4.30. The van der Waals surface area contributed by atoms with Gasteiger partial charge in [-0.2, -0.15) is 5.26 Å². The Balaban J connectivity index is 2.89. The Hall–Kier alpha value is -1.73. The number of guanidine groups is 1. The van der Waals surface area contributed by atoms with Crippen LogP contribution in [0.15, 0.2) is 29.3 Å². The summed E-state index contributed by atoms with van der Waals surface area (Å²) >= 11 is 5.77. The largest absolute Gasteiger partial charge is 0.315 e. The van der Waals surface area contributed by atoms with Crippen LogP contribution < -0.4 is 10.2 Å². The second-order valence-electron chi connectivity index (χ2n) is 2.82. The normalized spacial score (nSPS) is 10.7. The smallest absolute Gasteiger partial charge is 0.211 e. The molecule has 4 nitrogen and oxygen atoms in total. The zero-order chi connectivity index (χ0) is 11.3. The number of hydrogen-bond donors (Lipinski definition) is 1. The van der Waals surface area contributed by atoms with Crippen LogP contribution >= 0.6 is 11.6 Å². The van der Waals surface area contributed by atoms with Crippen LogP contribution in [0.2, 0.25) is 5.02 Å². The molecule has 0 aliphatic heterocycles. The quantitative estimate of drug-likeness (QED) is 0.341. The second-order valence-corrected chi connectivity index (χ2v) is 3.26. The summed E-state index contributed by atoms with van der Waals surface area (Å²) < 4.78 is 0. The molecule has 1 rings (SSSR count). The Morgan fingerprint density at radius 3 is 2.53 bits per heavy atom. The van der Waals surface area contributed by atoms with Crippen molar-refractivity contribution in [3.63, 3.8) is 0 Å². The number of rotatable bonds is 1. The molecule has 0 saturated carbocycles. The van der Waals surface area contributed by atoms with Gasteiger partial charge in [0.25, 0.3) is 0 Å². The molecule has 0 radical (unpaired) electrons. The summed E-state index contributed by atoms with van der Waals surface area (Å²) in [6, 6.07) is 7.28. The molecule has 78 valence electrons. The summed E-state index contributed by atoms with van der Waals surface area (Å²) in [7, 11) is 3.43. The molecule has 0 saturated heterocycles. The molecule has 0 heterocycles. The molecule has 15 heavy (non-hydrogen) atoms. The van der Waals surface area contributed by atoms with E-state index in [1.54, 1.807) is 24.1 Å². The van der Waals surface area contributed by atoms with Gasteiger partial charge in [0.2, 0.25) is 5.96 Å². The second kappa shape index (κ2) is 5.23. The number of anilines is 1. The van der Waals surface area contributed by atoms with E-state index in [4.69, 9.17) is 16.9 Å². The van der Waals surface area contributed by atoms with Crippen molar-refractivity contribution < 1.29 is 0 Å². The molecule has 0 aliphatic rings. The third-order valence-corrected chi connectivity index (χ3v) is 2.16. The summed E-state index contributed by atoms with van der Waals surface area (Å²) in [5.41, 5.74) is 0.905. The number of nitriles is 1. The van der Waals surface area contributed by atoms with Gasteiger partial charge in [-0.05, 0) is 24.3 Å². The number of nitrogens with zero attached hydrogens (tertiary/aromatic N) is 3. The van der Waals surface area contributed by atoms with Crippen LogP contribution in [0.3, 0.4) is 0 Å². The summed E-state index contributed by atoms with van der Waals surface area (Å²) in [4.78, 5) is 5.72. The third-order valence-electron chi connectivity index (χ3n) is 1.91. The van der Waals surface area contributed by atoms with E-state index in [0.717, 1.165) is 5.69 Å². The molecule has 0 atom stereocenters. The number of benzene rings is 1. The highest BCUT2D eigenvalue weighted by Crippen LogP contribution is 2.16. The summed E-state index contributed by atoms with van der Waals surface area (Å²) in [5.74, 6) is 0.486. The fourth-order valence-electron chi connectivity index (χ4n) is 1.13. The average molecular weight is 223 g/mol. The summed E-state index contributed by atoms with van der Waals surface area (Å²) in [6.07, 6.45) is 1.83. The lowest BCUT2D eigenvalue weighted by atomic mass is 10.3. The van der Waals surface area contributed by atoms with Crippen molar-refractivity contribution in [2.45, 2.75) is 0 Å². The number of halogens is 1. The van der Waals surface area contributed by atoms with Crippen molar-refractivity contribution in [3.8, 4) is 6.19 Å². The van der Waals surface area contributed by atoms with Gasteiger partial charge in [0.1, 0.15) is 0 Å². The Morgan fingerprint density at radius 1 is 1.47 bits per heavy atom. The lowest BCUT2D eigenvalue weighted by Gasteiger charge is -2.19. The van der Waals surface area contributed by atoms with Gasteiger partial charge in [0, 0.05) is 24.8 Å². The van der Waals surface area contributed by atoms with Gasteiger partial charge >= 0.3 is 0 Å². The van der Waals surface area contributed by atoms with E-state index < -0.39 is 0 Å². The average Bonchev–Trinajstić information content (AvgIpc) is 2.26. The minimum atomic E-state index is 0.486. The SMILES string of the molecule is CN=C(NC#N)N(C)c1ccc(Cl)cc1. The maximum absolute atomic E-state index is 8.52. The zero-order valence-electron chi connectivity index (χ0n) is 8.53. The highest BCUT2D eigenvalue weighted by atomic mass is 35.5. The molecule has 0 amide bonds. The van der Waals surface area contributed by atoms with Crippen molar-refractivity contribution in [1.82, 2.24) is 5.32 Å². The zero-order valence-corrected chi connectivity index (χ0v) is 9.28. The van der Waals surface area contributed by atoms with Crippen molar-refractivity contribution in [2.75, 3.05) is 19.0 Å². The maximum Gasteiger partial charge on any atom is 0.211 e. The molecule has 0 spiro atoms. The highest BCUT2D eigenvalue weighted by molar-refractivity contribution is 6.30.